The number of carbonyl (C=O) groups is 1. The zero-order chi connectivity index (χ0) is 20.0. The van der Waals surface area contributed by atoms with Crippen LogP contribution in [0.4, 0.5) is 5.69 Å². The topological polar surface area (TPSA) is 103 Å². The molecule has 0 radical (unpaired) electrons. The molecule has 1 saturated carbocycles. The Morgan fingerprint density at radius 3 is 2.50 bits per heavy atom. The van der Waals surface area contributed by atoms with Crippen LogP contribution in [0, 0.1) is 17.0 Å². The predicted octanol–water partition coefficient (Wildman–Crippen LogP) is 2.15. The molecule has 0 spiro atoms. The molecular formula is C19H23N5O4. The van der Waals surface area contributed by atoms with Crippen molar-refractivity contribution < 1.29 is 9.72 Å². The van der Waals surface area contributed by atoms with E-state index in [1.807, 2.05) is 4.57 Å². The van der Waals surface area contributed by atoms with E-state index in [1.165, 1.54) is 10.7 Å². The average molecular weight is 385 g/mol. The van der Waals surface area contributed by atoms with Gasteiger partial charge in [0.15, 0.2) is 0 Å². The third-order valence-electron chi connectivity index (χ3n) is 5.69. The normalized spacial score (nSPS) is 17.7. The molecule has 1 aromatic carbocycles. The molecule has 9 nitrogen and oxygen atoms in total. The van der Waals surface area contributed by atoms with Crippen molar-refractivity contribution in [2.24, 2.45) is 7.05 Å². The fourth-order valence-corrected chi connectivity index (χ4v) is 3.92. The van der Waals surface area contributed by atoms with Crippen molar-refractivity contribution in [2.45, 2.75) is 44.6 Å². The predicted molar refractivity (Wildman–Crippen MR) is 101 cm³/mol. The molecule has 1 saturated heterocycles. The van der Waals surface area contributed by atoms with Gasteiger partial charge in [-0.2, -0.15) is 5.10 Å². The number of likely N-dealkylation sites (tertiary alicyclic amines) is 1. The Morgan fingerprint density at radius 2 is 1.89 bits per heavy atom. The Bertz CT molecular complexity index is 996. The van der Waals surface area contributed by atoms with Gasteiger partial charge < -0.3 is 4.90 Å². The van der Waals surface area contributed by atoms with Gasteiger partial charge in [-0.3, -0.25) is 19.5 Å². The number of amides is 1. The number of hydrogen-bond acceptors (Lipinski definition) is 5. The summed E-state index contributed by atoms with van der Waals surface area (Å²) in [6, 6.07) is 4.87. The van der Waals surface area contributed by atoms with Crippen LogP contribution in [0.3, 0.4) is 0 Å². The highest BCUT2D eigenvalue weighted by Crippen LogP contribution is 2.37. The number of rotatable bonds is 4. The number of nitrogens with zero attached hydrogens (tertiary/aromatic N) is 5. The van der Waals surface area contributed by atoms with Gasteiger partial charge in [-0.05, 0) is 38.7 Å². The van der Waals surface area contributed by atoms with Crippen LogP contribution in [0.1, 0.15) is 59.4 Å². The molecule has 1 aliphatic carbocycles. The van der Waals surface area contributed by atoms with Crippen LogP contribution in [-0.2, 0) is 7.05 Å². The third-order valence-corrected chi connectivity index (χ3v) is 5.69. The standard InChI is InChI=1S/C19H23N5O4/c1-12-3-4-14(11-16(12)24(27)28)18(25)22-9-7-13(8-10-22)17-20-21(2)19(26)23(17)15-5-6-15/h3-4,11,13,15H,5-10H2,1-2H3. The average Bonchev–Trinajstić information content (AvgIpc) is 3.47. The lowest BCUT2D eigenvalue weighted by Crippen LogP contribution is -2.38. The smallest absolute Gasteiger partial charge is 0.339 e. The molecule has 0 unspecified atom stereocenters. The van der Waals surface area contributed by atoms with E-state index in [9.17, 15) is 19.7 Å². The minimum atomic E-state index is -0.462. The van der Waals surface area contributed by atoms with Gasteiger partial charge in [-0.1, -0.05) is 6.07 Å². The van der Waals surface area contributed by atoms with Crippen molar-refractivity contribution in [3.05, 3.63) is 55.7 Å². The lowest BCUT2D eigenvalue weighted by Gasteiger charge is -2.31. The summed E-state index contributed by atoms with van der Waals surface area (Å²) in [6.45, 7) is 2.74. The van der Waals surface area contributed by atoms with E-state index < -0.39 is 4.92 Å². The number of benzene rings is 1. The molecule has 148 valence electrons. The number of hydrogen-bond donors (Lipinski definition) is 0. The maximum Gasteiger partial charge on any atom is 0.345 e. The molecular weight excluding hydrogens is 362 g/mol. The summed E-state index contributed by atoms with van der Waals surface area (Å²) in [5.74, 6) is 0.779. The van der Waals surface area contributed by atoms with Gasteiger partial charge in [-0.15, -0.1) is 0 Å². The molecule has 2 fully saturated rings. The molecule has 2 heterocycles. The summed E-state index contributed by atoms with van der Waals surface area (Å²) >= 11 is 0. The van der Waals surface area contributed by atoms with Gasteiger partial charge in [0, 0.05) is 49.3 Å². The molecule has 9 heteroatoms. The van der Waals surface area contributed by atoms with Gasteiger partial charge in [0.2, 0.25) is 0 Å². The summed E-state index contributed by atoms with van der Waals surface area (Å²) in [4.78, 5) is 37.5. The molecule has 1 aromatic heterocycles. The highest BCUT2D eigenvalue weighted by atomic mass is 16.6. The van der Waals surface area contributed by atoms with E-state index in [2.05, 4.69) is 5.10 Å². The maximum atomic E-state index is 12.8. The molecule has 1 aliphatic heterocycles. The van der Waals surface area contributed by atoms with E-state index in [-0.39, 0.29) is 29.2 Å². The van der Waals surface area contributed by atoms with Crippen molar-refractivity contribution in [3.8, 4) is 0 Å². The second-order valence-corrected chi connectivity index (χ2v) is 7.69. The van der Waals surface area contributed by atoms with Gasteiger partial charge in [-0.25, -0.2) is 9.48 Å². The summed E-state index contributed by atoms with van der Waals surface area (Å²) in [7, 11) is 1.67. The highest BCUT2D eigenvalue weighted by molar-refractivity contribution is 5.95. The second kappa shape index (κ2) is 6.88. The van der Waals surface area contributed by atoms with Crippen molar-refractivity contribution in [3.63, 3.8) is 0 Å². The van der Waals surface area contributed by atoms with Crippen LogP contribution in [0.15, 0.2) is 23.0 Å². The van der Waals surface area contributed by atoms with Gasteiger partial charge in [0.05, 0.1) is 4.92 Å². The minimum Gasteiger partial charge on any atom is -0.339 e. The molecule has 28 heavy (non-hydrogen) atoms. The number of piperidine rings is 1. The maximum absolute atomic E-state index is 12.8. The molecule has 2 aliphatic rings. The van der Waals surface area contributed by atoms with Crippen LogP contribution >= 0.6 is 0 Å². The second-order valence-electron chi connectivity index (χ2n) is 7.69. The Labute approximate surface area is 161 Å². The summed E-state index contributed by atoms with van der Waals surface area (Å²) in [6.07, 6.45) is 3.48. The zero-order valence-electron chi connectivity index (χ0n) is 16.0. The van der Waals surface area contributed by atoms with E-state index in [0.29, 0.717) is 24.2 Å². The zero-order valence-corrected chi connectivity index (χ0v) is 16.0. The first kappa shape index (κ1) is 18.4. The van der Waals surface area contributed by atoms with Gasteiger partial charge in [0.25, 0.3) is 11.6 Å². The lowest BCUT2D eigenvalue weighted by molar-refractivity contribution is -0.385. The fourth-order valence-electron chi connectivity index (χ4n) is 3.92. The fraction of sp³-hybridized carbons (Fsp3) is 0.526. The lowest BCUT2D eigenvalue weighted by atomic mass is 9.95. The summed E-state index contributed by atoms with van der Waals surface area (Å²) in [5.41, 5.74) is 0.766. The molecule has 0 bridgehead atoms. The first-order valence-corrected chi connectivity index (χ1v) is 9.56. The number of carbonyl (C=O) groups excluding carboxylic acids is 1. The van der Waals surface area contributed by atoms with E-state index in [1.54, 1.807) is 31.0 Å². The monoisotopic (exact) mass is 385 g/mol. The molecule has 0 N–H and O–H groups in total. The SMILES string of the molecule is Cc1ccc(C(=O)N2CCC(c3nn(C)c(=O)n3C3CC3)CC2)cc1[N+](=O)[O-]. The van der Waals surface area contributed by atoms with Crippen molar-refractivity contribution >= 4 is 11.6 Å². The number of aromatic nitrogens is 3. The Balaban J connectivity index is 1.48. The van der Waals surface area contributed by atoms with Crippen molar-refractivity contribution in [1.82, 2.24) is 19.2 Å². The molecule has 4 rings (SSSR count). The van der Waals surface area contributed by atoms with E-state index >= 15 is 0 Å². The quantitative estimate of drug-likeness (QED) is 0.593. The number of aryl methyl sites for hydroxylation is 2. The Morgan fingerprint density at radius 1 is 1.21 bits per heavy atom. The van der Waals surface area contributed by atoms with E-state index in [4.69, 9.17) is 0 Å². The van der Waals surface area contributed by atoms with Gasteiger partial charge in [0.1, 0.15) is 5.82 Å². The number of nitro groups is 1. The Hall–Kier alpha value is -2.97. The summed E-state index contributed by atoms with van der Waals surface area (Å²) < 4.78 is 3.22. The molecule has 2 aromatic rings. The van der Waals surface area contributed by atoms with Crippen LogP contribution in [0.2, 0.25) is 0 Å². The van der Waals surface area contributed by atoms with Gasteiger partial charge >= 0.3 is 5.69 Å². The number of nitro benzene ring substituents is 1. The largest absolute Gasteiger partial charge is 0.345 e. The van der Waals surface area contributed by atoms with Crippen LogP contribution < -0.4 is 5.69 Å². The van der Waals surface area contributed by atoms with E-state index in [0.717, 1.165) is 31.5 Å². The first-order valence-electron chi connectivity index (χ1n) is 9.56. The first-order chi connectivity index (χ1) is 13.4. The van der Waals surface area contributed by atoms with Crippen LogP contribution in [0.5, 0.6) is 0 Å². The summed E-state index contributed by atoms with van der Waals surface area (Å²) in [5, 5.41) is 15.6. The van der Waals surface area contributed by atoms with Crippen LogP contribution in [0.25, 0.3) is 0 Å². The molecule has 0 atom stereocenters. The Kier molecular flexibility index (Phi) is 4.52. The third kappa shape index (κ3) is 3.21. The van der Waals surface area contributed by atoms with Crippen LogP contribution in [-0.4, -0.2) is 43.2 Å². The minimum absolute atomic E-state index is 0.0392. The van der Waals surface area contributed by atoms with Crippen molar-refractivity contribution in [1.29, 1.82) is 0 Å². The van der Waals surface area contributed by atoms with Crippen molar-refractivity contribution in [2.75, 3.05) is 13.1 Å². The molecule has 1 amide bonds. The highest BCUT2D eigenvalue weighted by Gasteiger charge is 2.34.